The molecule has 37 heavy (non-hydrogen) atoms. The lowest BCUT2D eigenvalue weighted by molar-refractivity contribution is 0.267. The summed E-state index contributed by atoms with van der Waals surface area (Å²) in [4.78, 5) is 19.3. The van der Waals surface area contributed by atoms with E-state index in [1.807, 2.05) is 0 Å². The van der Waals surface area contributed by atoms with Crippen LogP contribution in [0.3, 0.4) is 0 Å². The third-order valence-electron chi connectivity index (χ3n) is 8.54. The van der Waals surface area contributed by atoms with Gasteiger partial charge in [0.15, 0.2) is 6.29 Å². The molecule has 0 bridgehead atoms. The highest BCUT2D eigenvalue weighted by molar-refractivity contribution is 6.06. The first-order valence-electron chi connectivity index (χ1n) is 14.6. The number of hydrogen-bond acceptors (Lipinski definition) is 9. The highest BCUT2D eigenvalue weighted by Crippen LogP contribution is 2.25. The maximum absolute atomic E-state index is 6.71. The first-order chi connectivity index (χ1) is 18.1. The minimum absolute atomic E-state index is 0.429. The number of rotatable bonds is 6. The SMILES string of the molecule is CCN1CCCC1CNC1=NC(NC2CCCCCC2)=NC(N)N1c1ccc(N2CCN(C)CC2)cc1. The molecule has 1 aromatic carbocycles. The second-order valence-corrected chi connectivity index (χ2v) is 11.1. The predicted octanol–water partition coefficient (Wildman–Crippen LogP) is 2.60. The Balaban J connectivity index is 1.33. The van der Waals surface area contributed by atoms with Gasteiger partial charge in [0.1, 0.15) is 0 Å². The molecule has 3 heterocycles. The number of nitrogens with one attached hydrogen (secondary N) is 2. The highest BCUT2D eigenvalue weighted by atomic mass is 15.5. The van der Waals surface area contributed by atoms with Crippen LogP contribution in [0.15, 0.2) is 34.3 Å². The maximum atomic E-state index is 6.71. The Morgan fingerprint density at radius 3 is 2.30 bits per heavy atom. The van der Waals surface area contributed by atoms with Crippen molar-refractivity contribution >= 4 is 23.3 Å². The number of piperazine rings is 1. The van der Waals surface area contributed by atoms with E-state index in [9.17, 15) is 0 Å². The van der Waals surface area contributed by atoms with Crippen LogP contribution in [0.1, 0.15) is 58.3 Å². The molecule has 5 rings (SSSR count). The number of hydrogen-bond donors (Lipinski definition) is 3. The van der Waals surface area contributed by atoms with E-state index in [1.54, 1.807) is 0 Å². The van der Waals surface area contributed by atoms with Crippen LogP contribution < -0.4 is 26.2 Å². The normalized spacial score (nSPS) is 26.6. The van der Waals surface area contributed by atoms with Gasteiger partial charge in [-0.25, -0.2) is 4.99 Å². The fraction of sp³-hybridized carbons (Fsp3) is 0.714. The van der Waals surface area contributed by atoms with Crippen molar-refractivity contribution < 1.29 is 0 Å². The lowest BCUT2D eigenvalue weighted by Gasteiger charge is -2.36. The average Bonchev–Trinajstić information content (AvgIpc) is 3.22. The van der Waals surface area contributed by atoms with Crippen molar-refractivity contribution in [2.75, 3.05) is 62.7 Å². The Kier molecular flexibility index (Phi) is 8.84. The van der Waals surface area contributed by atoms with Gasteiger partial charge in [-0.05, 0) is 70.1 Å². The highest BCUT2D eigenvalue weighted by Gasteiger charge is 2.29. The number of guanidine groups is 2. The van der Waals surface area contributed by atoms with Crippen molar-refractivity contribution in [3.05, 3.63) is 24.3 Å². The number of nitrogens with zero attached hydrogens (tertiary/aromatic N) is 6. The summed E-state index contributed by atoms with van der Waals surface area (Å²) in [6.45, 7) is 9.70. The topological polar surface area (TPSA) is 87.8 Å². The quantitative estimate of drug-likeness (QED) is 0.508. The van der Waals surface area contributed by atoms with Gasteiger partial charge in [0, 0.05) is 56.2 Å². The maximum Gasteiger partial charge on any atom is 0.224 e. The van der Waals surface area contributed by atoms with Crippen LogP contribution in [0.4, 0.5) is 11.4 Å². The van der Waals surface area contributed by atoms with Crippen molar-refractivity contribution in [3.8, 4) is 0 Å². The molecular formula is C28H47N9. The van der Waals surface area contributed by atoms with E-state index in [-0.39, 0.29) is 0 Å². The van der Waals surface area contributed by atoms with Crippen molar-refractivity contribution in [3.63, 3.8) is 0 Å². The van der Waals surface area contributed by atoms with Crippen molar-refractivity contribution in [1.82, 2.24) is 20.4 Å². The zero-order chi connectivity index (χ0) is 25.6. The number of anilines is 2. The Bertz CT molecular complexity index is 914. The van der Waals surface area contributed by atoms with E-state index in [2.05, 4.69) is 68.5 Å². The summed E-state index contributed by atoms with van der Waals surface area (Å²) in [6.07, 6.45) is 9.52. The van der Waals surface area contributed by atoms with Gasteiger partial charge in [0.05, 0.1) is 0 Å². The zero-order valence-corrected chi connectivity index (χ0v) is 22.9. The summed E-state index contributed by atoms with van der Waals surface area (Å²) < 4.78 is 0. The fourth-order valence-corrected chi connectivity index (χ4v) is 6.21. The molecule has 2 saturated heterocycles. The summed E-state index contributed by atoms with van der Waals surface area (Å²) >= 11 is 0. The van der Waals surface area contributed by atoms with Crippen molar-refractivity contribution in [2.24, 2.45) is 15.7 Å². The van der Waals surface area contributed by atoms with E-state index in [4.69, 9.17) is 15.7 Å². The van der Waals surface area contributed by atoms with E-state index in [0.717, 1.165) is 50.9 Å². The molecule has 0 spiro atoms. The molecule has 4 N–H and O–H groups in total. The number of likely N-dealkylation sites (tertiary alicyclic amines) is 1. The van der Waals surface area contributed by atoms with Gasteiger partial charge in [-0.1, -0.05) is 32.6 Å². The molecule has 9 nitrogen and oxygen atoms in total. The average molecular weight is 510 g/mol. The molecule has 3 fully saturated rings. The van der Waals surface area contributed by atoms with Crippen LogP contribution in [-0.2, 0) is 0 Å². The Labute approximate surface area is 223 Å². The molecule has 204 valence electrons. The minimum Gasteiger partial charge on any atom is -0.369 e. The summed E-state index contributed by atoms with van der Waals surface area (Å²) in [5, 5.41) is 7.32. The van der Waals surface area contributed by atoms with Gasteiger partial charge in [0.2, 0.25) is 11.9 Å². The monoisotopic (exact) mass is 509 g/mol. The third-order valence-corrected chi connectivity index (χ3v) is 8.54. The largest absolute Gasteiger partial charge is 0.369 e. The van der Waals surface area contributed by atoms with Crippen LogP contribution in [0.2, 0.25) is 0 Å². The standard InChI is InChI=1S/C28H47N9/c1-3-35-16-8-11-25(35)21-30-28-33-27(31-22-9-6-4-5-7-10-22)32-26(29)37(28)24-14-12-23(13-15-24)36-19-17-34(2)18-20-36/h12-15,22,25-26H,3-11,16-21,29H2,1-2H3,(H2,30,31,32,33). The van der Waals surface area contributed by atoms with Gasteiger partial charge in [-0.15, -0.1) is 0 Å². The van der Waals surface area contributed by atoms with E-state index in [1.165, 1.54) is 63.6 Å². The van der Waals surface area contributed by atoms with E-state index >= 15 is 0 Å². The molecule has 1 aliphatic carbocycles. The molecule has 0 aromatic heterocycles. The predicted molar refractivity (Wildman–Crippen MR) is 154 cm³/mol. The molecular weight excluding hydrogens is 462 g/mol. The molecule has 1 saturated carbocycles. The molecule has 1 aromatic rings. The van der Waals surface area contributed by atoms with Crippen LogP contribution in [0, 0.1) is 0 Å². The van der Waals surface area contributed by atoms with Crippen LogP contribution in [0.25, 0.3) is 0 Å². The first-order valence-corrected chi connectivity index (χ1v) is 14.6. The first kappa shape index (κ1) is 26.3. The van der Waals surface area contributed by atoms with Crippen molar-refractivity contribution in [2.45, 2.75) is 76.7 Å². The van der Waals surface area contributed by atoms with Crippen LogP contribution in [0.5, 0.6) is 0 Å². The number of aliphatic imine (C=N–C) groups is 2. The van der Waals surface area contributed by atoms with E-state index < -0.39 is 6.29 Å². The lowest BCUT2D eigenvalue weighted by atomic mass is 10.1. The molecule has 3 aliphatic heterocycles. The third kappa shape index (κ3) is 6.56. The summed E-state index contributed by atoms with van der Waals surface area (Å²) in [5.41, 5.74) is 9.00. The second kappa shape index (κ2) is 12.5. The smallest absolute Gasteiger partial charge is 0.224 e. The Morgan fingerprint density at radius 2 is 1.59 bits per heavy atom. The zero-order valence-electron chi connectivity index (χ0n) is 22.9. The van der Waals surface area contributed by atoms with Crippen LogP contribution >= 0.6 is 0 Å². The lowest BCUT2D eigenvalue weighted by Crippen LogP contribution is -2.56. The number of benzene rings is 1. The summed E-state index contributed by atoms with van der Waals surface area (Å²) in [7, 11) is 2.19. The molecule has 2 atom stereocenters. The van der Waals surface area contributed by atoms with E-state index in [0.29, 0.717) is 18.0 Å². The molecule has 0 radical (unpaired) electrons. The van der Waals surface area contributed by atoms with Gasteiger partial charge in [-0.3, -0.25) is 15.5 Å². The number of likely N-dealkylation sites (N-methyl/N-ethyl adjacent to an activating group) is 2. The molecule has 4 aliphatic rings. The summed E-state index contributed by atoms with van der Waals surface area (Å²) in [6, 6.07) is 9.71. The number of nitrogens with two attached hydrogens (primary N) is 1. The van der Waals surface area contributed by atoms with Gasteiger partial charge in [-0.2, -0.15) is 4.99 Å². The molecule has 2 unspecified atom stereocenters. The van der Waals surface area contributed by atoms with Gasteiger partial charge >= 0.3 is 0 Å². The van der Waals surface area contributed by atoms with Crippen LogP contribution in [-0.4, -0.2) is 93.0 Å². The Morgan fingerprint density at radius 1 is 0.892 bits per heavy atom. The van der Waals surface area contributed by atoms with Gasteiger partial charge in [0.25, 0.3) is 0 Å². The second-order valence-electron chi connectivity index (χ2n) is 11.1. The summed E-state index contributed by atoms with van der Waals surface area (Å²) in [5.74, 6) is 1.47. The molecule has 9 heteroatoms. The fourth-order valence-electron chi connectivity index (χ4n) is 6.21. The minimum atomic E-state index is -0.520. The van der Waals surface area contributed by atoms with Gasteiger partial charge < -0.3 is 20.4 Å². The van der Waals surface area contributed by atoms with Crippen molar-refractivity contribution in [1.29, 1.82) is 0 Å². The molecule has 0 amide bonds. The Hall–Kier alpha value is -2.36.